The largest absolute Gasteiger partial charge is 0.382 e. The topological polar surface area (TPSA) is 30.5 Å². The van der Waals surface area contributed by atoms with Gasteiger partial charge in [-0.25, -0.2) is 0 Å². The maximum Gasteiger partial charge on any atom is 0.0700 e. The van der Waals surface area contributed by atoms with E-state index in [4.69, 9.17) is 9.47 Å². The normalized spacial score (nSPS) is 13.2. The Kier molecular flexibility index (Phi) is 4.65. The van der Waals surface area contributed by atoms with Gasteiger partial charge in [0.25, 0.3) is 0 Å². The van der Waals surface area contributed by atoms with E-state index in [9.17, 15) is 0 Å². The summed E-state index contributed by atoms with van der Waals surface area (Å²) in [4.78, 5) is 0. The molecule has 0 spiro atoms. The molecule has 1 aliphatic carbocycles. The number of rotatable bonds is 7. The molecule has 0 heterocycles. The Morgan fingerprint density at radius 2 is 1.48 bits per heavy atom. The fraction of sp³-hybridized carbons (Fsp3) is 0.333. The standard InChI is InChI=1S/C18H21NO2/c1-20-12-13-21-11-10-19-18-16-8-4-2-6-14(16)15-7-3-5-9-17(15)18/h2-9,18-19H,10-13H2,1H3. The van der Waals surface area contributed by atoms with Gasteiger partial charge in [0.05, 0.1) is 25.9 Å². The fourth-order valence-corrected chi connectivity index (χ4v) is 2.90. The Morgan fingerprint density at radius 1 is 0.857 bits per heavy atom. The number of hydrogen-bond donors (Lipinski definition) is 1. The third kappa shape index (κ3) is 3.00. The molecular formula is C18H21NO2. The van der Waals surface area contributed by atoms with Gasteiger partial charge in [-0.05, 0) is 22.3 Å². The van der Waals surface area contributed by atoms with E-state index in [2.05, 4.69) is 53.8 Å². The molecule has 0 saturated heterocycles. The molecule has 3 nitrogen and oxygen atoms in total. The van der Waals surface area contributed by atoms with Crippen LogP contribution in [0.5, 0.6) is 0 Å². The predicted molar refractivity (Wildman–Crippen MR) is 84.4 cm³/mol. The van der Waals surface area contributed by atoms with Crippen molar-refractivity contribution in [1.29, 1.82) is 0 Å². The van der Waals surface area contributed by atoms with Crippen LogP contribution < -0.4 is 5.32 Å². The minimum Gasteiger partial charge on any atom is -0.382 e. The van der Waals surface area contributed by atoms with E-state index in [-0.39, 0.29) is 6.04 Å². The van der Waals surface area contributed by atoms with Gasteiger partial charge in [0, 0.05) is 13.7 Å². The van der Waals surface area contributed by atoms with Crippen LogP contribution in [0.25, 0.3) is 11.1 Å². The highest BCUT2D eigenvalue weighted by atomic mass is 16.5. The van der Waals surface area contributed by atoms with Crippen molar-refractivity contribution in [2.45, 2.75) is 6.04 Å². The Balaban J connectivity index is 1.68. The minimum absolute atomic E-state index is 0.267. The summed E-state index contributed by atoms with van der Waals surface area (Å²) in [6.07, 6.45) is 0. The molecule has 0 amide bonds. The Labute approximate surface area is 125 Å². The molecule has 0 aromatic heterocycles. The number of fused-ring (bicyclic) bond motifs is 3. The van der Waals surface area contributed by atoms with Crippen molar-refractivity contribution in [1.82, 2.24) is 5.32 Å². The van der Waals surface area contributed by atoms with Crippen molar-refractivity contribution < 1.29 is 9.47 Å². The first kappa shape index (κ1) is 14.3. The summed E-state index contributed by atoms with van der Waals surface area (Å²) in [6, 6.07) is 17.5. The highest BCUT2D eigenvalue weighted by molar-refractivity contribution is 5.78. The lowest BCUT2D eigenvalue weighted by atomic mass is 10.1. The Morgan fingerprint density at radius 3 is 2.10 bits per heavy atom. The van der Waals surface area contributed by atoms with Crippen molar-refractivity contribution in [2.75, 3.05) is 33.5 Å². The average Bonchev–Trinajstić information content (AvgIpc) is 2.85. The van der Waals surface area contributed by atoms with Gasteiger partial charge in [0.2, 0.25) is 0 Å². The number of hydrogen-bond acceptors (Lipinski definition) is 3. The molecule has 2 aromatic carbocycles. The van der Waals surface area contributed by atoms with E-state index in [1.807, 2.05) is 0 Å². The summed E-state index contributed by atoms with van der Waals surface area (Å²) in [7, 11) is 1.69. The Bertz CT molecular complexity index is 552. The summed E-state index contributed by atoms with van der Waals surface area (Å²) < 4.78 is 10.5. The van der Waals surface area contributed by atoms with Gasteiger partial charge >= 0.3 is 0 Å². The molecule has 21 heavy (non-hydrogen) atoms. The van der Waals surface area contributed by atoms with E-state index in [1.54, 1.807) is 7.11 Å². The molecule has 0 fully saturated rings. The zero-order valence-corrected chi connectivity index (χ0v) is 12.3. The van der Waals surface area contributed by atoms with Crippen LogP contribution >= 0.6 is 0 Å². The first-order valence-corrected chi connectivity index (χ1v) is 7.40. The fourth-order valence-electron chi connectivity index (χ4n) is 2.90. The molecule has 110 valence electrons. The number of ether oxygens (including phenoxy) is 2. The third-order valence-corrected chi connectivity index (χ3v) is 3.86. The van der Waals surface area contributed by atoms with Gasteiger partial charge < -0.3 is 14.8 Å². The van der Waals surface area contributed by atoms with Crippen molar-refractivity contribution in [3.8, 4) is 11.1 Å². The van der Waals surface area contributed by atoms with Crippen LogP contribution in [0.15, 0.2) is 48.5 Å². The van der Waals surface area contributed by atoms with Crippen molar-refractivity contribution in [3.05, 3.63) is 59.7 Å². The first-order chi connectivity index (χ1) is 10.4. The van der Waals surface area contributed by atoms with Gasteiger partial charge in [-0.3, -0.25) is 0 Å². The van der Waals surface area contributed by atoms with E-state index in [0.717, 1.165) is 6.54 Å². The zero-order chi connectivity index (χ0) is 14.5. The monoisotopic (exact) mass is 283 g/mol. The molecule has 0 saturated carbocycles. The van der Waals surface area contributed by atoms with Gasteiger partial charge in [-0.2, -0.15) is 0 Å². The van der Waals surface area contributed by atoms with Crippen LogP contribution in [0.1, 0.15) is 17.2 Å². The minimum atomic E-state index is 0.267. The van der Waals surface area contributed by atoms with Crippen molar-refractivity contribution in [3.63, 3.8) is 0 Å². The third-order valence-electron chi connectivity index (χ3n) is 3.86. The summed E-state index contributed by atoms with van der Waals surface area (Å²) in [5, 5.41) is 3.61. The van der Waals surface area contributed by atoms with Gasteiger partial charge in [-0.1, -0.05) is 48.5 Å². The van der Waals surface area contributed by atoms with E-state index < -0.39 is 0 Å². The van der Waals surface area contributed by atoms with Crippen LogP contribution in [-0.4, -0.2) is 33.5 Å². The second kappa shape index (κ2) is 6.85. The van der Waals surface area contributed by atoms with Crippen molar-refractivity contribution >= 4 is 0 Å². The van der Waals surface area contributed by atoms with Crippen LogP contribution in [0.3, 0.4) is 0 Å². The van der Waals surface area contributed by atoms with Gasteiger partial charge in [0.1, 0.15) is 0 Å². The van der Waals surface area contributed by atoms with Gasteiger partial charge in [0.15, 0.2) is 0 Å². The maximum atomic E-state index is 5.52. The molecule has 0 aliphatic heterocycles. The SMILES string of the molecule is COCCOCCNC1c2ccccc2-c2ccccc21. The molecular weight excluding hydrogens is 262 g/mol. The molecule has 2 aromatic rings. The van der Waals surface area contributed by atoms with Gasteiger partial charge in [-0.15, -0.1) is 0 Å². The lowest BCUT2D eigenvalue weighted by Gasteiger charge is -2.16. The van der Waals surface area contributed by atoms with Crippen LogP contribution in [0, 0.1) is 0 Å². The zero-order valence-electron chi connectivity index (χ0n) is 12.3. The van der Waals surface area contributed by atoms with E-state index in [0.29, 0.717) is 19.8 Å². The maximum absolute atomic E-state index is 5.52. The molecule has 0 atom stereocenters. The second-order valence-corrected chi connectivity index (χ2v) is 5.17. The summed E-state index contributed by atoms with van der Waals surface area (Å²) in [5.41, 5.74) is 5.39. The molecule has 0 bridgehead atoms. The van der Waals surface area contributed by atoms with Crippen LogP contribution in [0.2, 0.25) is 0 Å². The lowest BCUT2D eigenvalue weighted by Crippen LogP contribution is -2.25. The first-order valence-electron chi connectivity index (χ1n) is 7.40. The smallest absolute Gasteiger partial charge is 0.0700 e. The van der Waals surface area contributed by atoms with E-state index in [1.165, 1.54) is 22.3 Å². The molecule has 3 rings (SSSR count). The number of benzene rings is 2. The number of nitrogens with one attached hydrogen (secondary N) is 1. The summed E-state index contributed by atoms with van der Waals surface area (Å²) in [5.74, 6) is 0. The summed E-state index contributed by atoms with van der Waals surface area (Å²) in [6.45, 7) is 2.83. The quantitative estimate of drug-likeness (QED) is 0.792. The lowest BCUT2D eigenvalue weighted by molar-refractivity contribution is 0.0714. The molecule has 1 aliphatic rings. The van der Waals surface area contributed by atoms with Crippen LogP contribution in [-0.2, 0) is 9.47 Å². The average molecular weight is 283 g/mol. The van der Waals surface area contributed by atoms with E-state index >= 15 is 0 Å². The highest BCUT2D eigenvalue weighted by Gasteiger charge is 2.27. The number of methoxy groups -OCH3 is 1. The molecule has 1 N–H and O–H groups in total. The molecule has 3 heteroatoms. The second-order valence-electron chi connectivity index (χ2n) is 5.17. The van der Waals surface area contributed by atoms with Crippen molar-refractivity contribution in [2.24, 2.45) is 0 Å². The summed E-state index contributed by atoms with van der Waals surface area (Å²) >= 11 is 0. The Hall–Kier alpha value is -1.68. The van der Waals surface area contributed by atoms with Crippen LogP contribution in [0.4, 0.5) is 0 Å². The molecule has 0 radical (unpaired) electrons. The highest BCUT2D eigenvalue weighted by Crippen LogP contribution is 2.42. The predicted octanol–water partition coefficient (Wildman–Crippen LogP) is 3.01. The molecule has 0 unspecified atom stereocenters.